The molecule has 0 spiro atoms. The van der Waals surface area contributed by atoms with E-state index < -0.39 is 5.97 Å². The first-order chi connectivity index (χ1) is 10.6. The van der Waals surface area contributed by atoms with E-state index in [2.05, 4.69) is 26.0 Å². The van der Waals surface area contributed by atoms with Crippen LogP contribution in [0.25, 0.3) is 16.9 Å². The highest BCUT2D eigenvalue weighted by atomic mass is 79.9. The second kappa shape index (κ2) is 6.06. The Labute approximate surface area is 140 Å². The van der Waals surface area contributed by atoms with E-state index in [4.69, 9.17) is 16.3 Å². The Hall–Kier alpha value is -1.92. The van der Waals surface area contributed by atoms with Gasteiger partial charge < -0.3 is 4.74 Å². The first-order valence-corrected chi connectivity index (χ1v) is 7.76. The van der Waals surface area contributed by atoms with Gasteiger partial charge in [-0.05, 0) is 28.9 Å². The van der Waals surface area contributed by atoms with Crippen LogP contribution in [-0.2, 0) is 4.74 Å². The van der Waals surface area contributed by atoms with Crippen LogP contribution in [0.1, 0.15) is 17.4 Å². The number of ether oxygens (including phenoxy) is 1. The standard InChI is InChI=1S/C15H11BrClN3O2/c1-2-22-15(21)13-12(9-6-4-3-5-7-9)18-14-10(16)8-11(17)19-20(13)14/h3-8H,2H2,1H3. The SMILES string of the molecule is CCOC(=O)c1c(-c2ccccc2)nc2c(Br)cc(Cl)nn12. The maximum absolute atomic E-state index is 12.4. The third kappa shape index (κ3) is 2.60. The Kier molecular flexibility index (Phi) is 4.13. The molecule has 0 atom stereocenters. The average molecular weight is 381 g/mol. The number of fused-ring (bicyclic) bond motifs is 1. The van der Waals surface area contributed by atoms with Gasteiger partial charge in [0.25, 0.3) is 0 Å². The number of imidazole rings is 1. The Balaban J connectivity index is 2.33. The fourth-order valence-corrected chi connectivity index (χ4v) is 2.93. The summed E-state index contributed by atoms with van der Waals surface area (Å²) in [4.78, 5) is 16.9. The fraction of sp³-hybridized carbons (Fsp3) is 0.133. The zero-order valence-corrected chi connectivity index (χ0v) is 13.9. The molecule has 0 aliphatic rings. The molecule has 112 valence electrons. The van der Waals surface area contributed by atoms with Crippen molar-refractivity contribution >= 4 is 39.1 Å². The molecule has 0 radical (unpaired) electrons. The highest BCUT2D eigenvalue weighted by Crippen LogP contribution is 2.29. The topological polar surface area (TPSA) is 56.5 Å². The summed E-state index contributed by atoms with van der Waals surface area (Å²) in [6, 6.07) is 11.0. The Morgan fingerprint density at radius 2 is 2.09 bits per heavy atom. The van der Waals surface area contributed by atoms with Crippen molar-refractivity contribution in [1.29, 1.82) is 0 Å². The molecule has 1 aromatic carbocycles. The minimum Gasteiger partial charge on any atom is -0.461 e. The summed E-state index contributed by atoms with van der Waals surface area (Å²) in [5.41, 5.74) is 2.08. The lowest BCUT2D eigenvalue weighted by Gasteiger charge is -2.04. The summed E-state index contributed by atoms with van der Waals surface area (Å²) in [5, 5.41) is 4.43. The van der Waals surface area contributed by atoms with Gasteiger partial charge in [0, 0.05) is 5.56 Å². The molecule has 2 aromatic heterocycles. The van der Waals surface area contributed by atoms with E-state index in [1.165, 1.54) is 4.52 Å². The van der Waals surface area contributed by atoms with Crippen LogP contribution in [0.15, 0.2) is 40.9 Å². The molecule has 5 nitrogen and oxygen atoms in total. The average Bonchev–Trinajstić information content (AvgIpc) is 2.88. The number of nitrogens with zero attached hydrogens (tertiary/aromatic N) is 3. The number of benzene rings is 1. The largest absolute Gasteiger partial charge is 0.461 e. The van der Waals surface area contributed by atoms with E-state index >= 15 is 0 Å². The minimum atomic E-state index is -0.490. The van der Waals surface area contributed by atoms with Gasteiger partial charge in [0.05, 0.1) is 11.1 Å². The van der Waals surface area contributed by atoms with Crippen LogP contribution in [-0.4, -0.2) is 27.2 Å². The van der Waals surface area contributed by atoms with Gasteiger partial charge in [-0.3, -0.25) is 0 Å². The predicted octanol–water partition coefficient (Wildman–Crippen LogP) is 3.99. The van der Waals surface area contributed by atoms with Gasteiger partial charge in [-0.15, -0.1) is 0 Å². The van der Waals surface area contributed by atoms with Crippen LogP contribution in [0.2, 0.25) is 5.15 Å². The smallest absolute Gasteiger partial charge is 0.359 e. The molecule has 2 heterocycles. The molecule has 0 fully saturated rings. The van der Waals surface area contributed by atoms with Crippen LogP contribution in [0.4, 0.5) is 0 Å². The lowest BCUT2D eigenvalue weighted by Crippen LogP contribution is -2.11. The van der Waals surface area contributed by atoms with E-state index in [1.54, 1.807) is 13.0 Å². The number of carbonyl (C=O) groups excluding carboxylic acids is 1. The second-order valence-electron chi connectivity index (χ2n) is 4.45. The van der Waals surface area contributed by atoms with E-state index in [0.29, 0.717) is 15.8 Å². The normalized spacial score (nSPS) is 10.9. The van der Waals surface area contributed by atoms with Gasteiger partial charge in [-0.2, -0.15) is 5.10 Å². The van der Waals surface area contributed by atoms with Gasteiger partial charge in [-0.25, -0.2) is 14.3 Å². The number of carbonyl (C=O) groups is 1. The minimum absolute atomic E-state index is 0.252. The first kappa shape index (κ1) is 15.0. The van der Waals surface area contributed by atoms with Crippen molar-refractivity contribution in [3.63, 3.8) is 0 Å². The summed E-state index contributed by atoms with van der Waals surface area (Å²) in [6.45, 7) is 2.02. The van der Waals surface area contributed by atoms with Crippen molar-refractivity contribution in [3.8, 4) is 11.3 Å². The highest BCUT2D eigenvalue weighted by Gasteiger charge is 2.24. The second-order valence-corrected chi connectivity index (χ2v) is 5.69. The summed E-state index contributed by atoms with van der Waals surface area (Å²) >= 11 is 9.39. The quantitative estimate of drug-likeness (QED) is 0.645. The maximum Gasteiger partial charge on any atom is 0.359 e. The van der Waals surface area contributed by atoms with E-state index in [-0.39, 0.29) is 17.5 Å². The van der Waals surface area contributed by atoms with Crippen molar-refractivity contribution in [2.45, 2.75) is 6.92 Å². The summed E-state index contributed by atoms with van der Waals surface area (Å²) < 4.78 is 7.20. The Bertz CT molecular complexity index is 849. The molecule has 7 heteroatoms. The van der Waals surface area contributed by atoms with E-state index in [0.717, 1.165) is 5.56 Å². The number of aromatic nitrogens is 3. The van der Waals surface area contributed by atoms with Crippen LogP contribution < -0.4 is 0 Å². The van der Waals surface area contributed by atoms with Gasteiger partial charge >= 0.3 is 5.97 Å². The number of hydrogen-bond donors (Lipinski definition) is 0. The number of rotatable bonds is 3. The third-order valence-electron chi connectivity index (χ3n) is 3.03. The van der Waals surface area contributed by atoms with Gasteiger partial charge in [0.2, 0.25) is 0 Å². The molecule has 0 aliphatic carbocycles. The van der Waals surface area contributed by atoms with Crippen LogP contribution in [0, 0.1) is 0 Å². The molecule has 22 heavy (non-hydrogen) atoms. The summed E-state index contributed by atoms with van der Waals surface area (Å²) in [6.07, 6.45) is 0. The molecule has 0 saturated heterocycles. The molecule has 0 bridgehead atoms. The molecule has 0 aliphatic heterocycles. The molecule has 3 aromatic rings. The lowest BCUT2D eigenvalue weighted by atomic mass is 10.1. The third-order valence-corrected chi connectivity index (χ3v) is 3.79. The van der Waals surface area contributed by atoms with E-state index in [1.807, 2.05) is 30.3 Å². The van der Waals surface area contributed by atoms with Gasteiger partial charge in [-0.1, -0.05) is 41.9 Å². The highest BCUT2D eigenvalue weighted by molar-refractivity contribution is 9.10. The number of halogens is 2. The molecular formula is C15H11BrClN3O2. The molecule has 0 saturated carbocycles. The van der Waals surface area contributed by atoms with Crippen molar-refractivity contribution in [2.75, 3.05) is 6.61 Å². The summed E-state index contributed by atoms with van der Waals surface area (Å²) in [7, 11) is 0. The summed E-state index contributed by atoms with van der Waals surface area (Å²) in [5.74, 6) is -0.490. The van der Waals surface area contributed by atoms with Crippen molar-refractivity contribution < 1.29 is 9.53 Å². The lowest BCUT2D eigenvalue weighted by molar-refractivity contribution is 0.0518. The first-order valence-electron chi connectivity index (χ1n) is 6.59. The predicted molar refractivity (Wildman–Crippen MR) is 87.1 cm³/mol. The van der Waals surface area contributed by atoms with Crippen LogP contribution in [0.3, 0.4) is 0 Å². The Morgan fingerprint density at radius 3 is 2.77 bits per heavy atom. The van der Waals surface area contributed by atoms with Crippen LogP contribution >= 0.6 is 27.5 Å². The van der Waals surface area contributed by atoms with Crippen LogP contribution in [0.5, 0.6) is 0 Å². The number of esters is 1. The fourth-order valence-electron chi connectivity index (χ4n) is 2.14. The van der Waals surface area contributed by atoms with E-state index in [9.17, 15) is 4.79 Å². The zero-order chi connectivity index (χ0) is 15.7. The Morgan fingerprint density at radius 1 is 1.36 bits per heavy atom. The van der Waals surface area contributed by atoms with Gasteiger partial charge in [0.1, 0.15) is 5.69 Å². The molecule has 0 unspecified atom stereocenters. The van der Waals surface area contributed by atoms with Crippen molar-refractivity contribution in [2.24, 2.45) is 0 Å². The van der Waals surface area contributed by atoms with Gasteiger partial charge in [0.15, 0.2) is 16.5 Å². The zero-order valence-electron chi connectivity index (χ0n) is 11.6. The van der Waals surface area contributed by atoms with Crippen molar-refractivity contribution in [1.82, 2.24) is 14.6 Å². The maximum atomic E-state index is 12.4. The van der Waals surface area contributed by atoms with Crippen molar-refractivity contribution in [3.05, 3.63) is 51.7 Å². The molecule has 0 amide bonds. The number of hydrogen-bond acceptors (Lipinski definition) is 4. The molecule has 3 rings (SSSR count). The monoisotopic (exact) mass is 379 g/mol. The molecule has 0 N–H and O–H groups in total. The molecular weight excluding hydrogens is 370 g/mol.